The second-order valence-corrected chi connectivity index (χ2v) is 5.27. The van der Waals surface area contributed by atoms with Gasteiger partial charge in [-0.05, 0) is 32.0 Å². The first kappa shape index (κ1) is 11.8. The van der Waals surface area contributed by atoms with Crippen LogP contribution >= 0.6 is 11.6 Å². The molecule has 1 fully saturated rings. The van der Waals surface area contributed by atoms with Gasteiger partial charge in [0.25, 0.3) is 0 Å². The largest absolute Gasteiger partial charge is 0.369 e. The first-order valence-electron chi connectivity index (χ1n) is 6.33. The topological polar surface area (TPSA) is 44.0 Å². The van der Waals surface area contributed by atoms with Gasteiger partial charge in [-0.2, -0.15) is 5.10 Å². The highest BCUT2D eigenvalue weighted by atomic mass is 35.5. The molecule has 0 radical (unpaired) electrons. The van der Waals surface area contributed by atoms with E-state index < -0.39 is 0 Å². The summed E-state index contributed by atoms with van der Waals surface area (Å²) in [6, 6.07) is 4.52. The lowest BCUT2D eigenvalue weighted by Crippen LogP contribution is -2.44. The van der Waals surface area contributed by atoms with E-state index >= 15 is 0 Å². The molecule has 0 amide bonds. The zero-order valence-corrected chi connectivity index (χ0v) is 11.2. The number of rotatable bonds is 2. The summed E-state index contributed by atoms with van der Waals surface area (Å²) in [7, 11) is 2.03. The van der Waals surface area contributed by atoms with Crippen LogP contribution in [0.2, 0.25) is 5.02 Å². The zero-order valence-electron chi connectivity index (χ0n) is 10.4. The van der Waals surface area contributed by atoms with Gasteiger partial charge in [-0.1, -0.05) is 11.6 Å². The van der Waals surface area contributed by atoms with Gasteiger partial charge < -0.3 is 10.2 Å². The highest BCUT2D eigenvalue weighted by Gasteiger charge is 2.20. The number of nitrogens with one attached hydrogen (secondary N) is 2. The molecule has 2 heterocycles. The number of likely N-dealkylation sites (N-methyl/N-ethyl adjacent to an activating group) is 1. The number of nitrogens with zero attached hydrogens (tertiary/aromatic N) is 2. The van der Waals surface area contributed by atoms with Gasteiger partial charge in [-0.25, -0.2) is 0 Å². The van der Waals surface area contributed by atoms with Crippen molar-refractivity contribution in [3.63, 3.8) is 0 Å². The van der Waals surface area contributed by atoms with Crippen LogP contribution in [0.3, 0.4) is 0 Å². The summed E-state index contributed by atoms with van der Waals surface area (Å²) in [5.74, 6) is 0. The summed E-state index contributed by atoms with van der Waals surface area (Å²) in [6.45, 7) is 2.11. The average Bonchev–Trinajstić information content (AvgIpc) is 2.85. The van der Waals surface area contributed by atoms with Gasteiger partial charge in [-0.3, -0.25) is 5.10 Å². The van der Waals surface area contributed by atoms with Crippen molar-refractivity contribution in [3.05, 3.63) is 23.4 Å². The molecule has 1 unspecified atom stereocenters. The molecule has 1 aliphatic rings. The first-order chi connectivity index (χ1) is 8.78. The lowest BCUT2D eigenvalue weighted by molar-refractivity contribution is 0.450. The van der Waals surface area contributed by atoms with E-state index in [0.29, 0.717) is 6.04 Å². The van der Waals surface area contributed by atoms with Crippen LogP contribution in [0.4, 0.5) is 5.69 Å². The van der Waals surface area contributed by atoms with Crippen LogP contribution in [0.25, 0.3) is 10.9 Å². The molecule has 0 spiro atoms. The van der Waals surface area contributed by atoms with Crippen LogP contribution in [-0.2, 0) is 0 Å². The Balaban J connectivity index is 2.00. The minimum atomic E-state index is 0.555. The number of fused-ring (bicyclic) bond motifs is 1. The van der Waals surface area contributed by atoms with E-state index in [0.717, 1.165) is 29.0 Å². The van der Waals surface area contributed by atoms with Crippen molar-refractivity contribution in [2.75, 3.05) is 25.0 Å². The number of hydrogen-bond donors (Lipinski definition) is 2. The van der Waals surface area contributed by atoms with Gasteiger partial charge in [0, 0.05) is 35.2 Å². The highest BCUT2D eigenvalue weighted by Crippen LogP contribution is 2.31. The number of hydrogen-bond acceptors (Lipinski definition) is 3. The van der Waals surface area contributed by atoms with Crippen LogP contribution in [0.1, 0.15) is 12.8 Å². The van der Waals surface area contributed by atoms with Gasteiger partial charge in [-0.15, -0.1) is 0 Å². The van der Waals surface area contributed by atoms with E-state index in [2.05, 4.69) is 20.4 Å². The van der Waals surface area contributed by atoms with Crippen LogP contribution in [0.5, 0.6) is 0 Å². The van der Waals surface area contributed by atoms with Crippen molar-refractivity contribution in [2.45, 2.75) is 18.9 Å². The van der Waals surface area contributed by atoms with E-state index in [-0.39, 0.29) is 0 Å². The maximum Gasteiger partial charge on any atom is 0.0686 e. The maximum atomic E-state index is 6.18. The van der Waals surface area contributed by atoms with Crippen molar-refractivity contribution >= 4 is 28.2 Å². The minimum absolute atomic E-state index is 0.555. The normalized spacial score (nSPS) is 20.6. The van der Waals surface area contributed by atoms with E-state index in [1.807, 2.05) is 25.4 Å². The summed E-state index contributed by atoms with van der Waals surface area (Å²) in [4.78, 5) is 2.40. The van der Waals surface area contributed by atoms with Crippen molar-refractivity contribution < 1.29 is 0 Å². The second-order valence-electron chi connectivity index (χ2n) is 4.83. The molecule has 5 heteroatoms. The molecule has 1 atom stereocenters. The van der Waals surface area contributed by atoms with Gasteiger partial charge in [0.05, 0.1) is 11.7 Å². The zero-order chi connectivity index (χ0) is 12.5. The Bertz CT molecular complexity index is 551. The lowest BCUT2D eigenvalue weighted by atomic mass is 10.0. The Labute approximate surface area is 111 Å². The standard InChI is InChI=1S/C13H17ClN4/c1-15-10-3-2-4-18(8-10)13-6-9(14)5-12-11(13)7-16-17-12/h5-7,10,15H,2-4,8H2,1H3,(H,16,17). The molecule has 0 bridgehead atoms. The molecule has 96 valence electrons. The van der Waals surface area contributed by atoms with E-state index in [1.54, 1.807) is 0 Å². The smallest absolute Gasteiger partial charge is 0.0686 e. The molecule has 1 aromatic carbocycles. The number of anilines is 1. The summed E-state index contributed by atoms with van der Waals surface area (Å²) in [6.07, 6.45) is 4.32. The monoisotopic (exact) mass is 264 g/mol. The Morgan fingerprint density at radius 2 is 2.39 bits per heavy atom. The molecule has 2 aromatic rings. The maximum absolute atomic E-state index is 6.18. The van der Waals surface area contributed by atoms with Crippen LogP contribution in [0.15, 0.2) is 18.3 Å². The van der Waals surface area contributed by atoms with Crippen LogP contribution < -0.4 is 10.2 Å². The molecule has 3 rings (SSSR count). The first-order valence-corrected chi connectivity index (χ1v) is 6.70. The SMILES string of the molecule is CNC1CCCN(c2cc(Cl)cc3[nH]ncc23)C1. The molecule has 4 nitrogen and oxygen atoms in total. The van der Waals surface area contributed by atoms with Crippen molar-refractivity contribution in [2.24, 2.45) is 0 Å². The Morgan fingerprint density at radius 1 is 1.50 bits per heavy atom. The third-order valence-corrected chi connectivity index (χ3v) is 3.89. The third-order valence-electron chi connectivity index (χ3n) is 3.67. The minimum Gasteiger partial charge on any atom is -0.369 e. The lowest BCUT2D eigenvalue weighted by Gasteiger charge is -2.34. The van der Waals surface area contributed by atoms with Gasteiger partial charge >= 0.3 is 0 Å². The molecule has 1 saturated heterocycles. The Hall–Kier alpha value is -1.26. The highest BCUT2D eigenvalue weighted by molar-refractivity contribution is 6.31. The average molecular weight is 265 g/mol. The molecule has 2 N–H and O–H groups in total. The van der Waals surface area contributed by atoms with Crippen molar-refractivity contribution in [1.82, 2.24) is 15.5 Å². The quantitative estimate of drug-likeness (QED) is 0.876. The summed E-state index contributed by atoms with van der Waals surface area (Å²) < 4.78 is 0. The van der Waals surface area contributed by atoms with Crippen molar-refractivity contribution in [1.29, 1.82) is 0 Å². The number of H-pyrrole nitrogens is 1. The Morgan fingerprint density at radius 3 is 3.22 bits per heavy atom. The summed E-state index contributed by atoms with van der Waals surface area (Å²) in [5, 5.41) is 12.4. The van der Waals surface area contributed by atoms with Crippen LogP contribution in [-0.4, -0.2) is 36.4 Å². The fourth-order valence-electron chi connectivity index (χ4n) is 2.69. The summed E-state index contributed by atoms with van der Waals surface area (Å²) >= 11 is 6.18. The molecular weight excluding hydrogens is 248 g/mol. The van der Waals surface area contributed by atoms with E-state index in [4.69, 9.17) is 11.6 Å². The van der Waals surface area contributed by atoms with Gasteiger partial charge in [0.2, 0.25) is 0 Å². The fourth-order valence-corrected chi connectivity index (χ4v) is 2.90. The molecule has 0 aliphatic carbocycles. The summed E-state index contributed by atoms with van der Waals surface area (Å²) in [5.41, 5.74) is 2.19. The number of benzene rings is 1. The third kappa shape index (κ3) is 2.06. The molecular formula is C13H17ClN4. The molecule has 0 saturated carbocycles. The second kappa shape index (κ2) is 4.78. The number of aromatic nitrogens is 2. The van der Waals surface area contributed by atoms with Crippen LogP contribution in [0, 0.1) is 0 Å². The van der Waals surface area contributed by atoms with Crippen molar-refractivity contribution in [3.8, 4) is 0 Å². The molecule has 18 heavy (non-hydrogen) atoms. The fraction of sp³-hybridized carbons (Fsp3) is 0.462. The number of halogens is 1. The van der Waals surface area contributed by atoms with E-state index in [9.17, 15) is 0 Å². The van der Waals surface area contributed by atoms with Gasteiger partial charge in [0.1, 0.15) is 0 Å². The molecule has 1 aliphatic heterocycles. The molecule has 1 aromatic heterocycles. The van der Waals surface area contributed by atoms with E-state index in [1.165, 1.54) is 18.5 Å². The Kier molecular flexibility index (Phi) is 3.14. The van der Waals surface area contributed by atoms with Gasteiger partial charge in [0.15, 0.2) is 0 Å². The predicted octanol–water partition coefficient (Wildman–Crippen LogP) is 2.40. The number of aromatic amines is 1. The number of piperidine rings is 1. The predicted molar refractivity (Wildman–Crippen MR) is 75.4 cm³/mol.